The minimum Gasteiger partial charge on any atom is -0.494 e. The SMILES string of the molecule is CCOC1=CCC(OCC#CCOCc2cc(F)ccc2F)C(N)=C1. The maximum atomic E-state index is 13.4. The van der Waals surface area contributed by atoms with E-state index in [1.807, 2.05) is 13.0 Å². The number of rotatable bonds is 7. The zero-order chi connectivity index (χ0) is 18.1. The van der Waals surface area contributed by atoms with Gasteiger partial charge in [0.25, 0.3) is 0 Å². The van der Waals surface area contributed by atoms with Gasteiger partial charge in [-0.3, -0.25) is 0 Å². The van der Waals surface area contributed by atoms with Gasteiger partial charge in [-0.2, -0.15) is 0 Å². The van der Waals surface area contributed by atoms with Gasteiger partial charge in [-0.25, -0.2) is 8.78 Å². The lowest BCUT2D eigenvalue weighted by Gasteiger charge is -2.20. The third-order valence-corrected chi connectivity index (χ3v) is 3.45. The van der Waals surface area contributed by atoms with Gasteiger partial charge in [0.05, 0.1) is 13.2 Å². The van der Waals surface area contributed by atoms with Crippen LogP contribution in [0.5, 0.6) is 0 Å². The number of allylic oxidation sites excluding steroid dienone is 1. The molecule has 1 aliphatic rings. The molecule has 134 valence electrons. The van der Waals surface area contributed by atoms with Crippen LogP contribution >= 0.6 is 0 Å². The largest absolute Gasteiger partial charge is 0.494 e. The first-order chi connectivity index (χ1) is 12.1. The number of benzene rings is 1. The molecule has 1 aromatic rings. The molecule has 0 bridgehead atoms. The summed E-state index contributed by atoms with van der Waals surface area (Å²) in [5.74, 6) is 5.31. The molecule has 0 aliphatic heterocycles. The summed E-state index contributed by atoms with van der Waals surface area (Å²) in [5.41, 5.74) is 6.69. The van der Waals surface area contributed by atoms with Crippen molar-refractivity contribution < 1.29 is 23.0 Å². The Balaban J connectivity index is 1.67. The van der Waals surface area contributed by atoms with Crippen molar-refractivity contribution in [2.24, 2.45) is 5.73 Å². The summed E-state index contributed by atoms with van der Waals surface area (Å²) in [5, 5.41) is 0. The maximum Gasteiger partial charge on any atom is 0.128 e. The van der Waals surface area contributed by atoms with E-state index in [-0.39, 0.29) is 31.5 Å². The summed E-state index contributed by atoms with van der Waals surface area (Å²) in [7, 11) is 0. The first-order valence-electron chi connectivity index (χ1n) is 7.99. The molecule has 1 aromatic carbocycles. The van der Waals surface area contributed by atoms with Crippen LogP contribution in [0.25, 0.3) is 0 Å². The van der Waals surface area contributed by atoms with Crippen molar-refractivity contribution >= 4 is 0 Å². The average Bonchev–Trinajstić information content (AvgIpc) is 2.59. The van der Waals surface area contributed by atoms with Gasteiger partial charge in [0.15, 0.2) is 0 Å². The fourth-order valence-electron chi connectivity index (χ4n) is 2.22. The molecule has 0 amide bonds. The summed E-state index contributed by atoms with van der Waals surface area (Å²) in [6, 6.07) is 3.24. The fraction of sp³-hybridized carbons (Fsp3) is 0.368. The number of ether oxygens (including phenoxy) is 3. The van der Waals surface area contributed by atoms with Gasteiger partial charge >= 0.3 is 0 Å². The van der Waals surface area contributed by atoms with E-state index < -0.39 is 11.6 Å². The van der Waals surface area contributed by atoms with E-state index in [2.05, 4.69) is 11.8 Å². The van der Waals surface area contributed by atoms with Gasteiger partial charge < -0.3 is 19.9 Å². The van der Waals surface area contributed by atoms with Crippen molar-refractivity contribution in [3.8, 4) is 11.8 Å². The Morgan fingerprint density at radius 2 is 2.04 bits per heavy atom. The molecule has 1 unspecified atom stereocenters. The third-order valence-electron chi connectivity index (χ3n) is 3.45. The van der Waals surface area contributed by atoms with Crippen LogP contribution in [0.2, 0.25) is 0 Å². The van der Waals surface area contributed by atoms with Gasteiger partial charge in [-0.05, 0) is 31.2 Å². The first kappa shape index (κ1) is 19.0. The Labute approximate surface area is 146 Å². The number of hydrogen-bond donors (Lipinski definition) is 1. The standard InChI is InChI=1S/C19H21F2NO3/c1-2-24-16-6-8-19(18(22)12-16)25-10-4-3-9-23-13-14-11-15(20)5-7-17(14)21/h5-7,11-12,19H,2,8-10,13,22H2,1H3. The van der Waals surface area contributed by atoms with E-state index in [1.165, 1.54) is 0 Å². The molecule has 0 saturated heterocycles. The van der Waals surface area contributed by atoms with E-state index >= 15 is 0 Å². The van der Waals surface area contributed by atoms with Gasteiger partial charge in [0.1, 0.15) is 36.7 Å². The third kappa shape index (κ3) is 6.22. The highest BCUT2D eigenvalue weighted by Crippen LogP contribution is 2.18. The predicted octanol–water partition coefficient (Wildman–Crippen LogP) is 3.04. The molecule has 6 heteroatoms. The molecular formula is C19H21F2NO3. The molecule has 0 saturated carbocycles. The van der Waals surface area contributed by atoms with Crippen molar-refractivity contribution in [2.75, 3.05) is 19.8 Å². The molecule has 0 heterocycles. The Hall–Kier alpha value is -2.36. The zero-order valence-electron chi connectivity index (χ0n) is 14.1. The average molecular weight is 349 g/mol. The highest BCUT2D eigenvalue weighted by atomic mass is 19.1. The molecule has 4 nitrogen and oxygen atoms in total. The van der Waals surface area contributed by atoms with Crippen LogP contribution in [0.15, 0.2) is 41.8 Å². The molecule has 25 heavy (non-hydrogen) atoms. The van der Waals surface area contributed by atoms with Gasteiger partial charge in [-0.1, -0.05) is 11.8 Å². The van der Waals surface area contributed by atoms with Crippen LogP contribution < -0.4 is 5.73 Å². The minimum absolute atomic E-state index is 0.0392. The summed E-state index contributed by atoms with van der Waals surface area (Å²) in [6.07, 6.45) is 4.09. The number of nitrogens with two attached hydrogens (primary N) is 1. The highest BCUT2D eigenvalue weighted by Gasteiger charge is 2.16. The van der Waals surface area contributed by atoms with Crippen molar-refractivity contribution in [3.05, 3.63) is 59.0 Å². The van der Waals surface area contributed by atoms with Crippen molar-refractivity contribution in [1.29, 1.82) is 0 Å². The Bertz CT molecular complexity index is 704. The Kier molecular flexibility index (Phi) is 7.45. The van der Waals surface area contributed by atoms with Crippen molar-refractivity contribution in [1.82, 2.24) is 0 Å². The van der Waals surface area contributed by atoms with Gasteiger partial charge in [0.2, 0.25) is 0 Å². The van der Waals surface area contributed by atoms with E-state index in [4.69, 9.17) is 19.9 Å². The van der Waals surface area contributed by atoms with Crippen LogP contribution in [0.1, 0.15) is 18.9 Å². The minimum atomic E-state index is -0.503. The Morgan fingerprint density at radius 3 is 2.80 bits per heavy atom. The molecule has 1 atom stereocenters. The summed E-state index contributed by atoms with van der Waals surface area (Å²) in [6.45, 7) is 2.76. The zero-order valence-corrected chi connectivity index (χ0v) is 14.1. The summed E-state index contributed by atoms with van der Waals surface area (Å²) >= 11 is 0. The topological polar surface area (TPSA) is 53.7 Å². The summed E-state index contributed by atoms with van der Waals surface area (Å²) < 4.78 is 42.6. The van der Waals surface area contributed by atoms with Crippen molar-refractivity contribution in [3.63, 3.8) is 0 Å². The van der Waals surface area contributed by atoms with Crippen LogP contribution in [-0.2, 0) is 20.8 Å². The molecule has 1 aliphatic carbocycles. The van der Waals surface area contributed by atoms with E-state index in [9.17, 15) is 8.78 Å². The number of halogens is 2. The summed E-state index contributed by atoms with van der Waals surface area (Å²) in [4.78, 5) is 0. The molecule has 0 aromatic heterocycles. The highest BCUT2D eigenvalue weighted by molar-refractivity contribution is 5.25. The van der Waals surface area contributed by atoms with Crippen LogP contribution in [0, 0.1) is 23.5 Å². The molecule has 0 spiro atoms. The lowest BCUT2D eigenvalue weighted by atomic mass is 10.1. The van der Waals surface area contributed by atoms with E-state index in [1.54, 1.807) is 6.08 Å². The molecule has 0 fully saturated rings. The smallest absolute Gasteiger partial charge is 0.128 e. The first-order valence-corrected chi connectivity index (χ1v) is 7.99. The monoisotopic (exact) mass is 349 g/mol. The second-order valence-electron chi connectivity index (χ2n) is 5.30. The quantitative estimate of drug-likeness (QED) is 0.607. The fourth-order valence-corrected chi connectivity index (χ4v) is 2.22. The van der Waals surface area contributed by atoms with E-state index in [0.717, 1.165) is 24.0 Å². The normalized spacial score (nSPS) is 16.5. The second kappa shape index (κ2) is 9.82. The number of hydrogen-bond acceptors (Lipinski definition) is 4. The van der Waals surface area contributed by atoms with Crippen LogP contribution in [-0.4, -0.2) is 25.9 Å². The maximum absolute atomic E-state index is 13.4. The molecule has 2 N–H and O–H groups in total. The lowest BCUT2D eigenvalue weighted by molar-refractivity contribution is 0.101. The van der Waals surface area contributed by atoms with E-state index in [0.29, 0.717) is 18.7 Å². The van der Waals surface area contributed by atoms with Crippen molar-refractivity contribution in [2.45, 2.75) is 26.1 Å². The molecular weight excluding hydrogens is 328 g/mol. The van der Waals surface area contributed by atoms with Crippen LogP contribution in [0.4, 0.5) is 8.78 Å². The van der Waals surface area contributed by atoms with Gasteiger partial charge in [-0.15, -0.1) is 0 Å². The Morgan fingerprint density at radius 1 is 1.24 bits per heavy atom. The molecule has 0 radical (unpaired) electrons. The lowest BCUT2D eigenvalue weighted by Crippen LogP contribution is -2.24. The van der Waals surface area contributed by atoms with Gasteiger partial charge in [0, 0.05) is 23.8 Å². The van der Waals surface area contributed by atoms with Crippen LogP contribution in [0.3, 0.4) is 0 Å². The second-order valence-corrected chi connectivity index (χ2v) is 5.30. The predicted molar refractivity (Wildman–Crippen MR) is 90.1 cm³/mol. The molecule has 2 rings (SSSR count).